The van der Waals surface area contributed by atoms with Crippen molar-refractivity contribution < 1.29 is 9.90 Å². The molecule has 5 heteroatoms. The van der Waals surface area contributed by atoms with E-state index in [2.05, 4.69) is 11.4 Å². The van der Waals surface area contributed by atoms with Gasteiger partial charge in [0, 0.05) is 16.9 Å². The van der Waals surface area contributed by atoms with Crippen LogP contribution in [-0.2, 0) is 11.4 Å². The number of amides is 1. The van der Waals surface area contributed by atoms with Gasteiger partial charge < -0.3 is 16.2 Å². The number of anilines is 1. The average Bonchev–Trinajstić information content (AvgIpc) is 3.04. The molecule has 0 radical (unpaired) electrons. The first kappa shape index (κ1) is 15.7. The third-order valence-electron chi connectivity index (χ3n) is 3.84. The number of aliphatic hydroxyl groups excluding tert-OH is 1. The maximum atomic E-state index is 12.5. The van der Waals surface area contributed by atoms with E-state index < -0.39 is 5.92 Å². The smallest absolute Gasteiger partial charge is 0.233 e. The number of rotatable bonds is 5. The van der Waals surface area contributed by atoms with Crippen LogP contribution in [0, 0.1) is 0 Å². The molecule has 0 saturated heterocycles. The molecule has 4 nitrogen and oxygen atoms in total. The lowest BCUT2D eigenvalue weighted by Gasteiger charge is -2.16. The molecule has 1 atom stereocenters. The van der Waals surface area contributed by atoms with E-state index in [9.17, 15) is 4.79 Å². The number of carbonyl (C=O) groups excluding carboxylic acids is 1. The molecular weight excluding hydrogens is 308 g/mol. The number of nitrogens with two attached hydrogens (primary N) is 1. The number of aliphatic hydroxyl groups is 1. The highest BCUT2D eigenvalue weighted by Gasteiger charge is 2.19. The number of benzene rings is 2. The Morgan fingerprint density at radius 2 is 1.96 bits per heavy atom. The molecule has 0 bridgehead atoms. The van der Waals surface area contributed by atoms with Crippen molar-refractivity contribution in [2.24, 2.45) is 5.73 Å². The summed E-state index contributed by atoms with van der Waals surface area (Å²) in [5.74, 6) is -0.540. The summed E-state index contributed by atoms with van der Waals surface area (Å²) in [6.07, 6.45) is 0. The van der Waals surface area contributed by atoms with Gasteiger partial charge in [-0.05, 0) is 40.1 Å². The van der Waals surface area contributed by atoms with E-state index in [1.807, 2.05) is 47.8 Å². The topological polar surface area (TPSA) is 75.4 Å². The van der Waals surface area contributed by atoms with Gasteiger partial charge in [-0.1, -0.05) is 30.3 Å². The molecule has 3 aromatic rings. The van der Waals surface area contributed by atoms with Crippen LogP contribution in [0.1, 0.15) is 17.0 Å². The highest BCUT2D eigenvalue weighted by Crippen LogP contribution is 2.25. The van der Waals surface area contributed by atoms with Crippen LogP contribution in [0.3, 0.4) is 0 Å². The number of nitrogens with one attached hydrogen (secondary N) is 1. The first-order valence-corrected chi connectivity index (χ1v) is 8.27. The van der Waals surface area contributed by atoms with Crippen molar-refractivity contribution in [2.75, 3.05) is 11.9 Å². The van der Waals surface area contributed by atoms with E-state index in [4.69, 9.17) is 10.8 Å². The number of thiophene rings is 1. The SMILES string of the molecule is NC[C@@H](C(=O)Nc1ccc2ccsc2c1)c1ccc(CO)cc1. The maximum Gasteiger partial charge on any atom is 0.233 e. The molecule has 0 saturated carbocycles. The molecule has 1 heterocycles. The number of hydrogen-bond acceptors (Lipinski definition) is 4. The van der Waals surface area contributed by atoms with Crippen molar-refractivity contribution in [2.45, 2.75) is 12.5 Å². The van der Waals surface area contributed by atoms with Crippen molar-refractivity contribution >= 4 is 33.0 Å². The highest BCUT2D eigenvalue weighted by atomic mass is 32.1. The Morgan fingerprint density at radius 1 is 1.17 bits per heavy atom. The van der Waals surface area contributed by atoms with Crippen molar-refractivity contribution in [1.29, 1.82) is 0 Å². The van der Waals surface area contributed by atoms with Crippen molar-refractivity contribution in [3.05, 3.63) is 65.0 Å². The summed E-state index contributed by atoms with van der Waals surface area (Å²) < 4.78 is 1.14. The third-order valence-corrected chi connectivity index (χ3v) is 4.72. The monoisotopic (exact) mass is 326 g/mol. The van der Waals surface area contributed by atoms with Gasteiger partial charge in [0.25, 0.3) is 0 Å². The predicted octanol–water partition coefficient (Wildman–Crippen LogP) is 3.07. The molecule has 0 aliphatic rings. The van der Waals surface area contributed by atoms with Gasteiger partial charge in [0.15, 0.2) is 0 Å². The number of fused-ring (bicyclic) bond motifs is 1. The first-order valence-electron chi connectivity index (χ1n) is 7.39. The van der Waals surface area contributed by atoms with E-state index >= 15 is 0 Å². The summed E-state index contributed by atoms with van der Waals surface area (Å²) in [6.45, 7) is 0.214. The van der Waals surface area contributed by atoms with E-state index in [0.29, 0.717) is 0 Å². The molecule has 0 unspecified atom stereocenters. The standard InChI is InChI=1S/C18H18N2O2S/c19-10-16(13-3-1-12(11-21)2-4-13)18(22)20-15-6-5-14-7-8-23-17(14)9-15/h1-9,16,21H,10-11,19H2,(H,20,22)/t16-/m1/s1. The van der Waals surface area contributed by atoms with Crippen LogP contribution in [-0.4, -0.2) is 17.6 Å². The molecule has 0 fully saturated rings. The van der Waals surface area contributed by atoms with E-state index in [-0.39, 0.29) is 19.1 Å². The second-order valence-corrected chi connectivity index (χ2v) is 6.30. The molecule has 118 valence electrons. The second kappa shape index (κ2) is 6.91. The van der Waals surface area contributed by atoms with Gasteiger partial charge >= 0.3 is 0 Å². The van der Waals surface area contributed by atoms with Gasteiger partial charge in [0.1, 0.15) is 0 Å². The minimum atomic E-state index is -0.415. The minimum absolute atomic E-state index is 0.0133. The summed E-state index contributed by atoms with van der Waals surface area (Å²) in [5.41, 5.74) is 8.23. The fourth-order valence-corrected chi connectivity index (χ4v) is 3.34. The van der Waals surface area contributed by atoms with Gasteiger partial charge in [-0.25, -0.2) is 0 Å². The lowest BCUT2D eigenvalue weighted by atomic mass is 9.97. The molecule has 2 aromatic carbocycles. The van der Waals surface area contributed by atoms with E-state index in [0.717, 1.165) is 21.5 Å². The lowest BCUT2D eigenvalue weighted by molar-refractivity contribution is -0.117. The Hall–Kier alpha value is -2.21. The summed E-state index contributed by atoms with van der Waals surface area (Å²) >= 11 is 1.64. The highest BCUT2D eigenvalue weighted by molar-refractivity contribution is 7.17. The van der Waals surface area contributed by atoms with Crippen molar-refractivity contribution in [3.8, 4) is 0 Å². The van der Waals surface area contributed by atoms with Crippen LogP contribution in [0.4, 0.5) is 5.69 Å². The van der Waals surface area contributed by atoms with Crippen molar-refractivity contribution in [3.63, 3.8) is 0 Å². The molecular formula is C18H18N2O2S. The first-order chi connectivity index (χ1) is 11.2. The molecule has 0 aliphatic heterocycles. The summed E-state index contributed by atoms with van der Waals surface area (Å²) in [4.78, 5) is 12.5. The Labute approximate surface area is 138 Å². The zero-order chi connectivity index (χ0) is 16.2. The lowest BCUT2D eigenvalue weighted by Crippen LogP contribution is -2.27. The third kappa shape index (κ3) is 3.42. The average molecular weight is 326 g/mol. The molecule has 23 heavy (non-hydrogen) atoms. The second-order valence-electron chi connectivity index (χ2n) is 5.35. The molecule has 3 rings (SSSR count). The number of carbonyl (C=O) groups is 1. The Morgan fingerprint density at radius 3 is 2.65 bits per heavy atom. The van der Waals surface area contributed by atoms with Gasteiger partial charge in [0.2, 0.25) is 5.91 Å². The van der Waals surface area contributed by atoms with E-state index in [1.54, 1.807) is 11.3 Å². The van der Waals surface area contributed by atoms with Gasteiger partial charge in [-0.15, -0.1) is 11.3 Å². The normalized spacial score (nSPS) is 12.3. The summed E-state index contributed by atoms with van der Waals surface area (Å²) in [5, 5.41) is 15.2. The molecule has 0 spiro atoms. The Kier molecular flexibility index (Phi) is 4.71. The molecule has 1 aromatic heterocycles. The van der Waals surface area contributed by atoms with Gasteiger partial charge in [0.05, 0.1) is 12.5 Å². The Bertz CT molecular complexity index is 811. The van der Waals surface area contributed by atoms with Crippen LogP contribution in [0.2, 0.25) is 0 Å². The quantitative estimate of drug-likeness (QED) is 0.674. The van der Waals surface area contributed by atoms with Gasteiger partial charge in [-0.2, -0.15) is 0 Å². The fourth-order valence-electron chi connectivity index (χ4n) is 2.51. The predicted molar refractivity (Wildman–Crippen MR) is 94.6 cm³/mol. The molecule has 4 N–H and O–H groups in total. The number of hydrogen-bond donors (Lipinski definition) is 3. The molecule has 1 amide bonds. The summed E-state index contributed by atoms with van der Waals surface area (Å²) in [6, 6.07) is 15.2. The van der Waals surface area contributed by atoms with Crippen LogP contribution in [0.5, 0.6) is 0 Å². The van der Waals surface area contributed by atoms with Crippen LogP contribution in [0.25, 0.3) is 10.1 Å². The summed E-state index contributed by atoms with van der Waals surface area (Å²) in [7, 11) is 0. The van der Waals surface area contributed by atoms with Crippen LogP contribution < -0.4 is 11.1 Å². The van der Waals surface area contributed by atoms with E-state index in [1.165, 1.54) is 5.39 Å². The Balaban J connectivity index is 1.78. The maximum absolute atomic E-state index is 12.5. The fraction of sp³-hybridized carbons (Fsp3) is 0.167. The zero-order valence-electron chi connectivity index (χ0n) is 12.5. The zero-order valence-corrected chi connectivity index (χ0v) is 13.3. The van der Waals surface area contributed by atoms with Crippen LogP contribution in [0.15, 0.2) is 53.9 Å². The van der Waals surface area contributed by atoms with Crippen molar-refractivity contribution in [1.82, 2.24) is 0 Å². The molecule has 0 aliphatic carbocycles. The largest absolute Gasteiger partial charge is 0.392 e. The van der Waals surface area contributed by atoms with Gasteiger partial charge in [-0.3, -0.25) is 4.79 Å². The van der Waals surface area contributed by atoms with Crippen LogP contribution >= 0.6 is 11.3 Å². The minimum Gasteiger partial charge on any atom is -0.392 e.